The van der Waals surface area contributed by atoms with Gasteiger partial charge >= 0.3 is 0 Å². The maximum absolute atomic E-state index is 9.28. The van der Waals surface area contributed by atoms with Crippen LogP contribution < -0.4 is 0 Å². The van der Waals surface area contributed by atoms with Gasteiger partial charge in [-0.2, -0.15) is 4.98 Å². The van der Waals surface area contributed by atoms with Crippen molar-refractivity contribution in [2.45, 2.75) is 26.0 Å². The Morgan fingerprint density at radius 2 is 2.54 bits per heavy atom. The van der Waals surface area contributed by atoms with Crippen LogP contribution in [-0.4, -0.2) is 39.3 Å². The molecule has 2 rings (SSSR count). The first-order chi connectivity index (χ1) is 6.24. The molecule has 1 aromatic heterocycles. The number of aryl methyl sites for hydroxylation is 1. The smallest absolute Gasteiger partial charge is 0.223 e. The van der Waals surface area contributed by atoms with Crippen LogP contribution in [0.15, 0.2) is 4.52 Å². The van der Waals surface area contributed by atoms with Crippen molar-refractivity contribution in [3.63, 3.8) is 0 Å². The minimum atomic E-state index is -0.187. The standard InChI is InChI=1S/C8H13N3O2/c1-6-9-8(10-13-6)5-11-3-2-7(12)4-11/h7,12H,2-5H2,1H3/t7-/m1/s1. The molecular weight excluding hydrogens is 170 g/mol. The maximum Gasteiger partial charge on any atom is 0.223 e. The van der Waals surface area contributed by atoms with E-state index in [1.165, 1.54) is 0 Å². The van der Waals surface area contributed by atoms with Crippen LogP contribution in [0.3, 0.4) is 0 Å². The van der Waals surface area contributed by atoms with E-state index in [9.17, 15) is 5.11 Å². The van der Waals surface area contributed by atoms with Gasteiger partial charge in [-0.15, -0.1) is 0 Å². The number of aliphatic hydroxyl groups excluding tert-OH is 1. The van der Waals surface area contributed by atoms with Crippen molar-refractivity contribution in [1.82, 2.24) is 15.0 Å². The second-order valence-electron chi connectivity index (χ2n) is 3.41. The van der Waals surface area contributed by atoms with Gasteiger partial charge in [-0.25, -0.2) is 0 Å². The average molecular weight is 183 g/mol. The number of hydrogen-bond acceptors (Lipinski definition) is 5. The van der Waals surface area contributed by atoms with Crippen LogP contribution >= 0.6 is 0 Å². The van der Waals surface area contributed by atoms with Gasteiger partial charge in [0.1, 0.15) is 0 Å². The zero-order valence-corrected chi connectivity index (χ0v) is 7.60. The van der Waals surface area contributed by atoms with Crippen molar-refractivity contribution >= 4 is 0 Å². The number of likely N-dealkylation sites (tertiary alicyclic amines) is 1. The molecule has 0 radical (unpaired) electrons. The van der Waals surface area contributed by atoms with Crippen LogP contribution in [0.4, 0.5) is 0 Å². The molecule has 1 fully saturated rings. The molecule has 5 nitrogen and oxygen atoms in total. The van der Waals surface area contributed by atoms with Crippen molar-refractivity contribution < 1.29 is 9.63 Å². The van der Waals surface area contributed by atoms with Crippen molar-refractivity contribution in [2.24, 2.45) is 0 Å². The highest BCUT2D eigenvalue weighted by atomic mass is 16.5. The lowest BCUT2D eigenvalue weighted by Gasteiger charge is -2.10. The van der Waals surface area contributed by atoms with E-state index in [-0.39, 0.29) is 6.10 Å². The molecule has 1 aliphatic rings. The zero-order valence-electron chi connectivity index (χ0n) is 7.60. The summed E-state index contributed by atoms with van der Waals surface area (Å²) in [6, 6.07) is 0. The first-order valence-corrected chi connectivity index (χ1v) is 4.43. The van der Waals surface area contributed by atoms with Gasteiger partial charge in [0.25, 0.3) is 0 Å². The number of aliphatic hydroxyl groups is 1. The molecule has 1 atom stereocenters. The van der Waals surface area contributed by atoms with Crippen LogP contribution in [0, 0.1) is 6.92 Å². The molecule has 13 heavy (non-hydrogen) atoms. The average Bonchev–Trinajstić information content (AvgIpc) is 2.62. The first-order valence-electron chi connectivity index (χ1n) is 4.43. The summed E-state index contributed by atoms with van der Waals surface area (Å²) in [5.74, 6) is 1.29. The van der Waals surface area contributed by atoms with Gasteiger partial charge in [-0.3, -0.25) is 4.90 Å². The lowest BCUT2D eigenvalue weighted by Crippen LogP contribution is -2.22. The fraction of sp³-hybridized carbons (Fsp3) is 0.750. The normalized spacial score (nSPS) is 24.0. The molecular formula is C8H13N3O2. The Kier molecular flexibility index (Phi) is 2.28. The van der Waals surface area contributed by atoms with E-state index in [0.717, 1.165) is 13.0 Å². The molecule has 1 aliphatic heterocycles. The van der Waals surface area contributed by atoms with Crippen LogP contribution in [-0.2, 0) is 6.54 Å². The van der Waals surface area contributed by atoms with E-state index in [1.54, 1.807) is 6.92 Å². The fourth-order valence-corrected chi connectivity index (χ4v) is 1.56. The monoisotopic (exact) mass is 183 g/mol. The topological polar surface area (TPSA) is 62.4 Å². The second-order valence-corrected chi connectivity index (χ2v) is 3.41. The Balaban J connectivity index is 1.91. The lowest BCUT2D eigenvalue weighted by atomic mass is 10.3. The van der Waals surface area contributed by atoms with Gasteiger partial charge in [0.15, 0.2) is 5.82 Å². The number of aromatic nitrogens is 2. The molecule has 0 amide bonds. The second kappa shape index (κ2) is 3.43. The van der Waals surface area contributed by atoms with E-state index in [0.29, 0.717) is 24.8 Å². The maximum atomic E-state index is 9.28. The minimum Gasteiger partial charge on any atom is -0.392 e. The molecule has 72 valence electrons. The van der Waals surface area contributed by atoms with Gasteiger partial charge in [0, 0.05) is 20.0 Å². The number of β-amino-alcohol motifs (C(OH)–C–C–N with tert-alkyl or cyclic N) is 1. The number of nitrogens with zero attached hydrogens (tertiary/aromatic N) is 3. The zero-order chi connectivity index (χ0) is 9.26. The quantitative estimate of drug-likeness (QED) is 0.696. The highest BCUT2D eigenvalue weighted by Crippen LogP contribution is 2.11. The summed E-state index contributed by atoms with van der Waals surface area (Å²) >= 11 is 0. The molecule has 1 N–H and O–H groups in total. The van der Waals surface area contributed by atoms with Crippen molar-refractivity contribution in [3.05, 3.63) is 11.7 Å². The van der Waals surface area contributed by atoms with Gasteiger partial charge in [-0.05, 0) is 6.42 Å². The molecule has 1 aromatic rings. The van der Waals surface area contributed by atoms with Crippen LogP contribution in [0.1, 0.15) is 18.1 Å². The fourth-order valence-electron chi connectivity index (χ4n) is 1.56. The Morgan fingerprint density at radius 1 is 1.69 bits per heavy atom. The van der Waals surface area contributed by atoms with Crippen LogP contribution in [0.2, 0.25) is 0 Å². The molecule has 0 aromatic carbocycles. The molecule has 0 aliphatic carbocycles. The van der Waals surface area contributed by atoms with E-state index in [4.69, 9.17) is 4.52 Å². The molecule has 1 saturated heterocycles. The van der Waals surface area contributed by atoms with Gasteiger partial charge in [0.2, 0.25) is 5.89 Å². The van der Waals surface area contributed by atoms with Crippen molar-refractivity contribution in [2.75, 3.05) is 13.1 Å². The minimum absolute atomic E-state index is 0.187. The highest BCUT2D eigenvalue weighted by Gasteiger charge is 2.21. The molecule has 0 spiro atoms. The lowest BCUT2D eigenvalue weighted by molar-refractivity contribution is 0.173. The van der Waals surface area contributed by atoms with Crippen LogP contribution in [0.5, 0.6) is 0 Å². The van der Waals surface area contributed by atoms with E-state index in [1.807, 2.05) is 0 Å². The summed E-state index contributed by atoms with van der Waals surface area (Å²) in [7, 11) is 0. The summed E-state index contributed by atoms with van der Waals surface area (Å²) in [4.78, 5) is 6.22. The summed E-state index contributed by atoms with van der Waals surface area (Å²) < 4.78 is 4.85. The summed E-state index contributed by atoms with van der Waals surface area (Å²) in [6.07, 6.45) is 0.657. The van der Waals surface area contributed by atoms with Crippen LogP contribution in [0.25, 0.3) is 0 Å². The Labute approximate surface area is 76.4 Å². The Morgan fingerprint density at radius 3 is 3.08 bits per heavy atom. The van der Waals surface area contributed by atoms with E-state index >= 15 is 0 Å². The summed E-state index contributed by atoms with van der Waals surface area (Å²) in [6.45, 7) is 4.08. The molecule has 5 heteroatoms. The highest BCUT2D eigenvalue weighted by molar-refractivity contribution is 4.86. The number of hydrogen-bond donors (Lipinski definition) is 1. The van der Waals surface area contributed by atoms with Gasteiger partial charge in [-0.1, -0.05) is 5.16 Å². The summed E-state index contributed by atoms with van der Waals surface area (Å²) in [5.41, 5.74) is 0. The van der Waals surface area contributed by atoms with E-state index in [2.05, 4.69) is 15.0 Å². The predicted octanol–water partition coefficient (Wildman–Crippen LogP) is -0.0554. The van der Waals surface area contributed by atoms with Gasteiger partial charge < -0.3 is 9.63 Å². The van der Waals surface area contributed by atoms with Crippen molar-refractivity contribution in [1.29, 1.82) is 0 Å². The summed E-state index contributed by atoms with van der Waals surface area (Å²) in [5, 5.41) is 13.1. The van der Waals surface area contributed by atoms with E-state index < -0.39 is 0 Å². The third-order valence-corrected chi connectivity index (χ3v) is 2.18. The largest absolute Gasteiger partial charge is 0.392 e. The third-order valence-electron chi connectivity index (χ3n) is 2.18. The van der Waals surface area contributed by atoms with Crippen molar-refractivity contribution in [3.8, 4) is 0 Å². The predicted molar refractivity (Wildman–Crippen MR) is 44.9 cm³/mol. The molecule has 0 bridgehead atoms. The third kappa shape index (κ3) is 2.05. The SMILES string of the molecule is Cc1nc(CN2CC[C@@H](O)C2)no1. The Bertz CT molecular complexity index is 287. The number of rotatable bonds is 2. The first kappa shape index (κ1) is 8.65. The van der Waals surface area contributed by atoms with Gasteiger partial charge in [0.05, 0.1) is 12.6 Å². The molecule has 0 unspecified atom stereocenters. The molecule has 0 saturated carbocycles. The molecule has 2 heterocycles. The Hall–Kier alpha value is -0.940.